The van der Waals surface area contributed by atoms with E-state index in [1.165, 1.54) is 18.2 Å². The number of anilines is 1. The predicted octanol–water partition coefficient (Wildman–Crippen LogP) is 3.30. The number of halogens is 3. The summed E-state index contributed by atoms with van der Waals surface area (Å²) >= 11 is 0. The first kappa shape index (κ1) is 17.8. The van der Waals surface area contributed by atoms with Crippen molar-refractivity contribution in [1.29, 1.82) is 0 Å². The molecular weight excluding hydrogens is 353 g/mol. The van der Waals surface area contributed by atoms with E-state index in [2.05, 4.69) is 0 Å². The van der Waals surface area contributed by atoms with E-state index >= 15 is 0 Å². The summed E-state index contributed by atoms with van der Waals surface area (Å²) in [7, 11) is -3.76. The van der Waals surface area contributed by atoms with Crippen LogP contribution in [0.2, 0.25) is 0 Å². The number of benzene rings is 2. The van der Waals surface area contributed by atoms with Crippen molar-refractivity contribution in [3.63, 3.8) is 0 Å². The highest BCUT2D eigenvalue weighted by Gasteiger charge is 2.31. The molecule has 0 spiro atoms. The molecule has 0 aliphatic carbocycles. The Morgan fingerprint density at radius 1 is 1.16 bits per heavy atom. The van der Waals surface area contributed by atoms with Gasteiger partial charge in [0.25, 0.3) is 0 Å². The van der Waals surface area contributed by atoms with Gasteiger partial charge in [-0.25, -0.2) is 13.6 Å². The minimum atomic E-state index is -4.35. The molecule has 4 nitrogen and oxygen atoms in total. The summed E-state index contributed by atoms with van der Waals surface area (Å²) in [6.45, 7) is 2.43. The molecule has 2 N–H and O–H groups in total. The van der Waals surface area contributed by atoms with Crippen molar-refractivity contribution >= 4 is 15.7 Å². The van der Waals surface area contributed by atoms with Crippen molar-refractivity contribution in [2.45, 2.75) is 37.0 Å². The second kappa shape index (κ2) is 6.03. The van der Waals surface area contributed by atoms with Gasteiger partial charge in [-0.15, -0.1) is 0 Å². The monoisotopic (exact) mass is 370 g/mol. The summed E-state index contributed by atoms with van der Waals surface area (Å²) < 4.78 is 60.9. The largest absolute Gasteiger partial charge is 0.416 e. The molecule has 25 heavy (non-hydrogen) atoms. The Morgan fingerprint density at radius 3 is 2.36 bits per heavy atom. The van der Waals surface area contributed by atoms with Crippen LogP contribution in [0.15, 0.2) is 47.4 Å². The highest BCUT2D eigenvalue weighted by molar-refractivity contribution is 7.89. The molecule has 0 radical (unpaired) electrons. The van der Waals surface area contributed by atoms with E-state index in [-0.39, 0.29) is 10.9 Å². The van der Waals surface area contributed by atoms with Gasteiger partial charge < -0.3 is 4.90 Å². The Bertz CT molecular complexity index is 893. The number of fused-ring (bicyclic) bond motifs is 1. The van der Waals surface area contributed by atoms with E-state index in [4.69, 9.17) is 5.14 Å². The lowest BCUT2D eigenvalue weighted by molar-refractivity contribution is -0.137. The second-order valence-corrected chi connectivity index (χ2v) is 7.77. The van der Waals surface area contributed by atoms with Crippen molar-refractivity contribution < 1.29 is 21.6 Å². The molecule has 3 rings (SSSR count). The molecule has 0 saturated carbocycles. The number of primary sulfonamides is 1. The minimum absolute atomic E-state index is 0.0647. The molecule has 0 bridgehead atoms. The van der Waals surface area contributed by atoms with Gasteiger partial charge in [0.2, 0.25) is 10.0 Å². The Hall–Kier alpha value is -2.06. The van der Waals surface area contributed by atoms with Crippen LogP contribution in [0.1, 0.15) is 23.6 Å². The molecule has 1 heterocycles. The summed E-state index contributed by atoms with van der Waals surface area (Å²) in [5.74, 6) is 0. The third-order valence-electron chi connectivity index (χ3n) is 4.37. The summed E-state index contributed by atoms with van der Waals surface area (Å²) in [5, 5.41) is 5.16. The first-order chi connectivity index (χ1) is 11.6. The smallest absolute Gasteiger partial charge is 0.364 e. The average Bonchev–Trinajstić information content (AvgIpc) is 2.81. The molecule has 1 aliphatic heterocycles. The molecule has 0 fully saturated rings. The van der Waals surface area contributed by atoms with E-state index < -0.39 is 21.8 Å². The lowest BCUT2D eigenvalue weighted by atomic mass is 10.1. The van der Waals surface area contributed by atoms with Gasteiger partial charge in [-0.1, -0.05) is 12.1 Å². The molecule has 0 amide bonds. The second-order valence-electron chi connectivity index (χ2n) is 6.21. The lowest BCUT2D eigenvalue weighted by Gasteiger charge is -2.25. The van der Waals surface area contributed by atoms with Crippen molar-refractivity contribution in [2.75, 3.05) is 4.90 Å². The summed E-state index contributed by atoms with van der Waals surface area (Å²) in [4.78, 5) is 2.11. The van der Waals surface area contributed by atoms with Gasteiger partial charge in [-0.05, 0) is 54.8 Å². The standard InChI is InChI=1S/C17H17F3N2O2S/c1-11-8-13-9-15(25(21,23)24)6-7-16(13)22(11)10-12-2-4-14(5-3-12)17(18,19)20/h2-7,9,11H,8,10H2,1H3,(H2,21,23,24). The number of alkyl halides is 3. The van der Waals surface area contributed by atoms with Crippen LogP contribution in [-0.2, 0) is 29.2 Å². The number of nitrogens with two attached hydrogens (primary N) is 1. The molecular formula is C17H17F3N2O2S. The van der Waals surface area contributed by atoms with E-state index in [0.29, 0.717) is 13.0 Å². The number of hydrogen-bond acceptors (Lipinski definition) is 3. The maximum Gasteiger partial charge on any atom is 0.416 e. The number of sulfonamides is 1. The first-order valence-electron chi connectivity index (χ1n) is 7.64. The fraction of sp³-hybridized carbons (Fsp3) is 0.294. The molecule has 0 saturated heterocycles. The molecule has 8 heteroatoms. The van der Waals surface area contributed by atoms with Gasteiger partial charge in [0, 0.05) is 18.3 Å². The van der Waals surface area contributed by atoms with Gasteiger partial charge in [-0.3, -0.25) is 0 Å². The van der Waals surface area contributed by atoms with Gasteiger partial charge in [0.1, 0.15) is 0 Å². The van der Waals surface area contributed by atoms with Crippen LogP contribution in [0, 0.1) is 0 Å². The van der Waals surface area contributed by atoms with Crippen LogP contribution in [0.5, 0.6) is 0 Å². The van der Waals surface area contributed by atoms with Crippen LogP contribution in [-0.4, -0.2) is 14.5 Å². The zero-order valence-electron chi connectivity index (χ0n) is 13.4. The van der Waals surface area contributed by atoms with Crippen LogP contribution in [0.4, 0.5) is 18.9 Å². The van der Waals surface area contributed by atoms with Crippen molar-refractivity contribution in [3.8, 4) is 0 Å². The quantitative estimate of drug-likeness (QED) is 0.902. The third kappa shape index (κ3) is 3.64. The topological polar surface area (TPSA) is 63.4 Å². The van der Waals surface area contributed by atoms with Crippen LogP contribution in [0.3, 0.4) is 0 Å². The normalized spacial score (nSPS) is 17.6. The van der Waals surface area contributed by atoms with E-state index in [1.807, 2.05) is 11.8 Å². The van der Waals surface area contributed by atoms with Gasteiger partial charge in [0.15, 0.2) is 0 Å². The fourth-order valence-electron chi connectivity index (χ4n) is 3.09. The van der Waals surface area contributed by atoms with Crippen LogP contribution < -0.4 is 10.0 Å². The lowest BCUT2D eigenvalue weighted by Crippen LogP contribution is -2.28. The Morgan fingerprint density at radius 2 is 1.80 bits per heavy atom. The number of nitrogens with zero attached hydrogens (tertiary/aromatic N) is 1. The zero-order valence-corrected chi connectivity index (χ0v) is 14.2. The van der Waals surface area contributed by atoms with Crippen LogP contribution in [0.25, 0.3) is 0 Å². The zero-order chi connectivity index (χ0) is 18.4. The van der Waals surface area contributed by atoms with E-state index in [0.717, 1.165) is 28.9 Å². The average molecular weight is 370 g/mol. The molecule has 134 valence electrons. The molecule has 1 unspecified atom stereocenters. The molecule has 1 atom stereocenters. The highest BCUT2D eigenvalue weighted by atomic mass is 32.2. The van der Waals surface area contributed by atoms with Gasteiger partial charge >= 0.3 is 6.18 Å². The SMILES string of the molecule is CC1Cc2cc(S(N)(=O)=O)ccc2N1Cc1ccc(C(F)(F)F)cc1. The molecule has 1 aliphatic rings. The number of rotatable bonds is 3. The summed E-state index contributed by atoms with van der Waals surface area (Å²) in [6.07, 6.45) is -3.70. The summed E-state index contributed by atoms with van der Waals surface area (Å²) in [5.41, 5.74) is 1.82. The van der Waals surface area contributed by atoms with Gasteiger partial charge in [0.05, 0.1) is 10.5 Å². The number of hydrogen-bond donors (Lipinski definition) is 1. The van der Waals surface area contributed by atoms with Gasteiger partial charge in [-0.2, -0.15) is 13.2 Å². The minimum Gasteiger partial charge on any atom is -0.364 e. The Kier molecular flexibility index (Phi) is 4.28. The van der Waals surface area contributed by atoms with Crippen molar-refractivity contribution in [1.82, 2.24) is 0 Å². The maximum atomic E-state index is 12.6. The van der Waals surface area contributed by atoms with E-state index in [1.54, 1.807) is 12.1 Å². The van der Waals surface area contributed by atoms with Crippen molar-refractivity contribution in [3.05, 3.63) is 59.2 Å². The Balaban J connectivity index is 1.85. The van der Waals surface area contributed by atoms with E-state index in [9.17, 15) is 21.6 Å². The van der Waals surface area contributed by atoms with Crippen molar-refractivity contribution in [2.24, 2.45) is 5.14 Å². The van der Waals surface area contributed by atoms with Crippen LogP contribution >= 0.6 is 0 Å². The highest BCUT2D eigenvalue weighted by Crippen LogP contribution is 2.35. The fourth-order valence-corrected chi connectivity index (χ4v) is 3.65. The molecule has 2 aromatic rings. The third-order valence-corrected chi connectivity index (χ3v) is 5.28. The maximum absolute atomic E-state index is 12.6. The molecule has 2 aromatic carbocycles. The summed E-state index contributed by atoms with van der Waals surface area (Å²) in [6, 6.07) is 9.89. The molecule has 0 aromatic heterocycles. The predicted molar refractivity (Wildman–Crippen MR) is 88.6 cm³/mol. The Labute approximate surface area is 144 Å². The first-order valence-corrected chi connectivity index (χ1v) is 9.19.